The van der Waals surface area contributed by atoms with E-state index in [0.717, 1.165) is 48.0 Å². The van der Waals surface area contributed by atoms with Crippen LogP contribution in [0.4, 0.5) is 9.52 Å². The van der Waals surface area contributed by atoms with Gasteiger partial charge in [-0.25, -0.2) is 14.1 Å². The number of anilines is 1. The van der Waals surface area contributed by atoms with Crippen molar-refractivity contribution in [1.29, 1.82) is 0 Å². The van der Waals surface area contributed by atoms with Crippen molar-refractivity contribution in [3.8, 4) is 5.75 Å². The molecule has 10 heteroatoms. The molecule has 1 saturated heterocycles. The van der Waals surface area contributed by atoms with Crippen LogP contribution >= 0.6 is 11.3 Å². The predicted molar refractivity (Wildman–Crippen MR) is 137 cm³/mol. The Kier molecular flexibility index (Phi) is 6.04. The van der Waals surface area contributed by atoms with Gasteiger partial charge in [-0.15, -0.1) is 5.10 Å². The van der Waals surface area contributed by atoms with E-state index in [0.29, 0.717) is 12.4 Å². The lowest BCUT2D eigenvalue weighted by Gasteiger charge is -2.38. The molecule has 0 saturated carbocycles. The largest absolute Gasteiger partial charge is 0.508 e. The Morgan fingerprint density at radius 2 is 1.67 bits per heavy atom. The first-order valence-corrected chi connectivity index (χ1v) is 12.6. The molecule has 0 aliphatic carbocycles. The number of rotatable bonds is 6. The zero-order valence-corrected chi connectivity index (χ0v) is 20.2. The van der Waals surface area contributed by atoms with Crippen molar-refractivity contribution in [2.24, 2.45) is 0 Å². The lowest BCUT2D eigenvalue weighted by molar-refractivity contribution is 0.201. The first-order chi connectivity index (χ1) is 17.6. The van der Waals surface area contributed by atoms with Crippen molar-refractivity contribution in [3.63, 3.8) is 0 Å². The summed E-state index contributed by atoms with van der Waals surface area (Å²) < 4.78 is 16.4. The van der Waals surface area contributed by atoms with Gasteiger partial charge in [-0.05, 0) is 58.0 Å². The van der Waals surface area contributed by atoms with Crippen molar-refractivity contribution in [2.75, 3.05) is 31.1 Å². The Hall–Kier alpha value is -3.89. The van der Waals surface area contributed by atoms with Crippen LogP contribution in [0.5, 0.6) is 5.75 Å². The van der Waals surface area contributed by atoms with Crippen LogP contribution in [0.25, 0.3) is 10.2 Å². The highest BCUT2D eigenvalue weighted by atomic mass is 32.1. The molecule has 0 amide bonds. The Morgan fingerprint density at radius 1 is 0.917 bits per heavy atom. The fraction of sp³-hybridized carbons (Fsp3) is 0.231. The van der Waals surface area contributed by atoms with Crippen molar-refractivity contribution in [1.82, 2.24) is 30.1 Å². The third kappa shape index (κ3) is 4.52. The van der Waals surface area contributed by atoms with E-state index in [9.17, 15) is 9.50 Å². The van der Waals surface area contributed by atoms with Gasteiger partial charge < -0.3 is 10.0 Å². The molecule has 1 fully saturated rings. The molecule has 1 N–H and O–H groups in total. The topological polar surface area (TPSA) is 83.2 Å². The quantitative estimate of drug-likeness (QED) is 0.375. The molecular formula is C26H24FN7OS. The predicted octanol–water partition coefficient (Wildman–Crippen LogP) is 4.09. The minimum Gasteiger partial charge on any atom is -0.508 e. The Morgan fingerprint density at radius 3 is 2.42 bits per heavy atom. The second-order valence-corrected chi connectivity index (χ2v) is 9.81. The number of tetrazole rings is 1. The molecule has 1 aliphatic rings. The number of para-hydroxylation sites is 1. The number of benzene rings is 3. The SMILES string of the molecule is Oc1ccc([C@H](c2nnnn2Cc2ccc(F)cc2)N2CCN(c3nc4ccccc4s3)CC2)cc1. The van der Waals surface area contributed by atoms with E-state index < -0.39 is 0 Å². The molecule has 182 valence electrons. The summed E-state index contributed by atoms with van der Waals surface area (Å²) in [6.07, 6.45) is 0. The molecule has 8 nitrogen and oxygen atoms in total. The molecule has 36 heavy (non-hydrogen) atoms. The second-order valence-electron chi connectivity index (χ2n) is 8.80. The van der Waals surface area contributed by atoms with E-state index >= 15 is 0 Å². The average Bonchev–Trinajstić information content (AvgIpc) is 3.54. The van der Waals surface area contributed by atoms with E-state index in [1.165, 1.54) is 16.8 Å². The Balaban J connectivity index is 1.27. The van der Waals surface area contributed by atoms with Gasteiger partial charge >= 0.3 is 0 Å². The fourth-order valence-electron chi connectivity index (χ4n) is 4.63. The van der Waals surface area contributed by atoms with Crippen LogP contribution in [0.1, 0.15) is 23.0 Å². The molecule has 3 heterocycles. The number of hydrogen-bond donors (Lipinski definition) is 1. The monoisotopic (exact) mass is 501 g/mol. The van der Waals surface area contributed by atoms with Crippen LogP contribution < -0.4 is 4.90 Å². The molecule has 1 aliphatic heterocycles. The number of fused-ring (bicyclic) bond motifs is 1. The van der Waals surface area contributed by atoms with E-state index in [-0.39, 0.29) is 17.6 Å². The van der Waals surface area contributed by atoms with Crippen molar-refractivity contribution in [2.45, 2.75) is 12.6 Å². The number of phenols is 1. The second kappa shape index (κ2) is 9.63. The molecule has 0 spiro atoms. The van der Waals surface area contributed by atoms with E-state index in [1.54, 1.807) is 40.3 Å². The maximum atomic E-state index is 13.4. The normalized spacial score (nSPS) is 15.4. The summed E-state index contributed by atoms with van der Waals surface area (Å²) in [6, 6.07) is 21.6. The summed E-state index contributed by atoms with van der Waals surface area (Å²) in [5.41, 5.74) is 2.94. The van der Waals surface area contributed by atoms with E-state index in [1.807, 2.05) is 30.3 Å². The number of phenolic OH excluding ortho intramolecular Hbond substituents is 1. The Bertz CT molecular complexity index is 1430. The molecule has 2 aromatic heterocycles. The third-order valence-corrected chi connectivity index (χ3v) is 7.59. The number of aromatic hydroxyl groups is 1. The van der Waals surface area contributed by atoms with Gasteiger partial charge in [0.2, 0.25) is 0 Å². The molecule has 0 bridgehead atoms. The number of thiazole rings is 1. The molecule has 0 radical (unpaired) electrons. The summed E-state index contributed by atoms with van der Waals surface area (Å²) in [5.74, 6) is 0.645. The van der Waals surface area contributed by atoms with Crippen LogP contribution in [0.3, 0.4) is 0 Å². The summed E-state index contributed by atoms with van der Waals surface area (Å²) in [6.45, 7) is 3.68. The Labute approximate surface area is 211 Å². The summed E-state index contributed by atoms with van der Waals surface area (Å²) in [4.78, 5) is 9.52. The van der Waals surface area contributed by atoms with Gasteiger partial charge in [0.25, 0.3) is 0 Å². The highest BCUT2D eigenvalue weighted by Crippen LogP contribution is 2.33. The lowest BCUT2D eigenvalue weighted by Crippen LogP contribution is -2.48. The highest BCUT2D eigenvalue weighted by molar-refractivity contribution is 7.22. The maximum absolute atomic E-state index is 13.4. The van der Waals surface area contributed by atoms with Gasteiger partial charge in [-0.1, -0.05) is 47.7 Å². The zero-order chi connectivity index (χ0) is 24.5. The first kappa shape index (κ1) is 22.6. The summed E-state index contributed by atoms with van der Waals surface area (Å²) >= 11 is 1.72. The minimum absolute atomic E-state index is 0.196. The molecular weight excluding hydrogens is 477 g/mol. The van der Waals surface area contributed by atoms with Gasteiger partial charge in [0.1, 0.15) is 11.6 Å². The zero-order valence-electron chi connectivity index (χ0n) is 19.4. The lowest BCUT2D eigenvalue weighted by atomic mass is 10.0. The van der Waals surface area contributed by atoms with Crippen LogP contribution in [-0.2, 0) is 6.54 Å². The van der Waals surface area contributed by atoms with Crippen molar-refractivity contribution < 1.29 is 9.50 Å². The third-order valence-electron chi connectivity index (χ3n) is 6.49. The molecule has 6 rings (SSSR count). The average molecular weight is 502 g/mol. The number of nitrogens with zero attached hydrogens (tertiary/aromatic N) is 7. The van der Waals surface area contributed by atoms with Gasteiger partial charge in [0.05, 0.1) is 22.8 Å². The number of hydrogen-bond acceptors (Lipinski definition) is 8. The number of aromatic nitrogens is 5. The van der Waals surface area contributed by atoms with Crippen molar-refractivity contribution >= 4 is 26.7 Å². The van der Waals surface area contributed by atoms with Gasteiger partial charge in [0, 0.05) is 26.2 Å². The van der Waals surface area contributed by atoms with Crippen LogP contribution in [0.2, 0.25) is 0 Å². The first-order valence-electron chi connectivity index (χ1n) is 11.8. The fourth-order valence-corrected chi connectivity index (χ4v) is 5.65. The van der Waals surface area contributed by atoms with Crippen LogP contribution in [0.15, 0.2) is 72.8 Å². The standard InChI is InChI=1S/C26H24FN7OS/c27-20-9-5-18(6-10-20)17-34-25(29-30-31-34)24(19-7-11-21(35)12-8-19)32-13-15-33(16-14-32)26-28-22-3-1-2-4-23(22)36-26/h1-12,24,35H,13-17H2/t24-/m1/s1. The van der Waals surface area contributed by atoms with Crippen LogP contribution in [-0.4, -0.2) is 61.4 Å². The van der Waals surface area contributed by atoms with E-state index in [2.05, 4.69) is 31.4 Å². The van der Waals surface area contributed by atoms with Crippen LogP contribution in [0, 0.1) is 5.82 Å². The minimum atomic E-state index is -0.274. The number of halogens is 1. The molecule has 5 aromatic rings. The summed E-state index contributed by atoms with van der Waals surface area (Å²) in [7, 11) is 0. The maximum Gasteiger partial charge on any atom is 0.186 e. The van der Waals surface area contributed by atoms with E-state index in [4.69, 9.17) is 4.98 Å². The van der Waals surface area contributed by atoms with Gasteiger partial charge in [-0.2, -0.15) is 0 Å². The summed E-state index contributed by atoms with van der Waals surface area (Å²) in [5, 5.41) is 23.5. The number of piperazine rings is 1. The van der Waals surface area contributed by atoms with Gasteiger partial charge in [-0.3, -0.25) is 4.90 Å². The molecule has 0 unspecified atom stereocenters. The highest BCUT2D eigenvalue weighted by Gasteiger charge is 2.31. The smallest absolute Gasteiger partial charge is 0.186 e. The van der Waals surface area contributed by atoms with Crippen molar-refractivity contribution in [3.05, 3.63) is 95.6 Å². The van der Waals surface area contributed by atoms with Gasteiger partial charge in [0.15, 0.2) is 11.0 Å². The molecule has 1 atom stereocenters. The molecule has 3 aromatic carbocycles.